The summed E-state index contributed by atoms with van der Waals surface area (Å²) in [4.78, 5) is 24.1. The summed E-state index contributed by atoms with van der Waals surface area (Å²) < 4.78 is 20.2. The van der Waals surface area contributed by atoms with Crippen molar-refractivity contribution in [1.82, 2.24) is 4.57 Å². The summed E-state index contributed by atoms with van der Waals surface area (Å²) in [6, 6.07) is 9.08. The third-order valence-corrected chi connectivity index (χ3v) is 4.24. The highest BCUT2D eigenvalue weighted by atomic mass is 19.1. The van der Waals surface area contributed by atoms with E-state index in [1.165, 1.54) is 24.3 Å². The number of aryl methyl sites for hydroxylation is 1. The summed E-state index contributed by atoms with van der Waals surface area (Å²) in [6.07, 6.45) is 1.46. The minimum Gasteiger partial charge on any atom is -0.451 e. The molecule has 0 unspecified atom stereocenters. The molecule has 1 aromatic carbocycles. The molecule has 0 fully saturated rings. The summed E-state index contributed by atoms with van der Waals surface area (Å²) >= 11 is 0. The van der Waals surface area contributed by atoms with E-state index in [9.17, 15) is 19.2 Å². The fraction of sp³-hybridized carbons (Fsp3) is 0.318. The largest absolute Gasteiger partial charge is 0.451 e. The van der Waals surface area contributed by atoms with Crippen molar-refractivity contribution >= 4 is 23.6 Å². The molecular formula is C22H24FN3O3. The third kappa shape index (κ3) is 6.04. The fourth-order valence-corrected chi connectivity index (χ4v) is 2.88. The standard InChI is InChI=1S/C22H24FN3O3/c1-14(2)12-26-15(3)8-17(16(26)4)9-18(11-24)22(28)29-13-21(27)25-20-7-5-6-19(23)10-20/h5-10,14H,12-13H2,1-4H3,(H,25,27)/b18-9+. The Kier molecular flexibility index (Phi) is 7.32. The van der Waals surface area contributed by atoms with Crippen molar-refractivity contribution in [3.63, 3.8) is 0 Å². The van der Waals surface area contributed by atoms with Crippen molar-refractivity contribution in [3.05, 3.63) is 58.7 Å². The van der Waals surface area contributed by atoms with Crippen LogP contribution in [-0.2, 0) is 20.9 Å². The van der Waals surface area contributed by atoms with E-state index < -0.39 is 24.3 Å². The van der Waals surface area contributed by atoms with Gasteiger partial charge in [0.15, 0.2) is 6.61 Å². The molecule has 7 heteroatoms. The van der Waals surface area contributed by atoms with Gasteiger partial charge in [-0.25, -0.2) is 9.18 Å². The van der Waals surface area contributed by atoms with Crippen molar-refractivity contribution in [1.29, 1.82) is 5.26 Å². The Morgan fingerprint density at radius 3 is 2.66 bits per heavy atom. The SMILES string of the molecule is Cc1cc(/C=C(\C#N)C(=O)OCC(=O)Nc2cccc(F)c2)c(C)n1CC(C)C. The maximum absolute atomic E-state index is 13.1. The number of nitriles is 1. The number of hydrogen-bond donors (Lipinski definition) is 1. The number of nitrogens with zero attached hydrogens (tertiary/aromatic N) is 2. The summed E-state index contributed by atoms with van der Waals surface area (Å²) in [5.74, 6) is -1.56. The molecule has 1 aromatic heterocycles. The Morgan fingerprint density at radius 2 is 2.03 bits per heavy atom. The normalized spacial score (nSPS) is 11.3. The van der Waals surface area contributed by atoms with E-state index in [0.717, 1.165) is 29.6 Å². The Balaban J connectivity index is 2.05. The molecule has 1 heterocycles. The molecule has 152 valence electrons. The molecule has 29 heavy (non-hydrogen) atoms. The highest BCUT2D eigenvalue weighted by Gasteiger charge is 2.16. The van der Waals surface area contributed by atoms with Gasteiger partial charge in [-0.1, -0.05) is 19.9 Å². The zero-order chi connectivity index (χ0) is 21.6. The predicted molar refractivity (Wildman–Crippen MR) is 108 cm³/mol. The number of nitrogens with one attached hydrogen (secondary N) is 1. The van der Waals surface area contributed by atoms with Crippen LogP contribution in [0.15, 0.2) is 35.9 Å². The van der Waals surface area contributed by atoms with Crippen molar-refractivity contribution < 1.29 is 18.7 Å². The Bertz CT molecular complexity index is 984. The lowest BCUT2D eigenvalue weighted by Crippen LogP contribution is -2.21. The van der Waals surface area contributed by atoms with Gasteiger partial charge in [-0.2, -0.15) is 5.26 Å². The van der Waals surface area contributed by atoms with E-state index in [-0.39, 0.29) is 11.3 Å². The number of aromatic nitrogens is 1. The van der Waals surface area contributed by atoms with Crippen LogP contribution in [-0.4, -0.2) is 23.1 Å². The van der Waals surface area contributed by atoms with Crippen LogP contribution in [0.4, 0.5) is 10.1 Å². The molecular weight excluding hydrogens is 373 g/mol. The van der Waals surface area contributed by atoms with E-state index >= 15 is 0 Å². The van der Waals surface area contributed by atoms with Crippen LogP contribution in [0.5, 0.6) is 0 Å². The maximum Gasteiger partial charge on any atom is 0.349 e. The molecule has 2 rings (SSSR count). The molecule has 0 aliphatic carbocycles. The molecule has 0 spiro atoms. The predicted octanol–water partition coefficient (Wildman–Crippen LogP) is 3.99. The molecule has 0 aliphatic heterocycles. The molecule has 6 nitrogen and oxygen atoms in total. The fourth-order valence-electron chi connectivity index (χ4n) is 2.88. The third-order valence-electron chi connectivity index (χ3n) is 4.24. The van der Waals surface area contributed by atoms with Gasteiger partial charge >= 0.3 is 5.97 Å². The van der Waals surface area contributed by atoms with E-state index in [1.807, 2.05) is 26.0 Å². The van der Waals surface area contributed by atoms with E-state index in [2.05, 4.69) is 23.7 Å². The monoisotopic (exact) mass is 397 g/mol. The van der Waals surface area contributed by atoms with Crippen molar-refractivity contribution in [3.8, 4) is 6.07 Å². The highest BCUT2D eigenvalue weighted by molar-refractivity contribution is 6.00. The van der Waals surface area contributed by atoms with E-state index in [4.69, 9.17) is 4.74 Å². The smallest absolute Gasteiger partial charge is 0.349 e. The number of esters is 1. The minimum absolute atomic E-state index is 0.201. The van der Waals surface area contributed by atoms with Crippen LogP contribution >= 0.6 is 0 Å². The van der Waals surface area contributed by atoms with Gasteiger partial charge < -0.3 is 14.6 Å². The van der Waals surface area contributed by atoms with Gasteiger partial charge in [0.2, 0.25) is 0 Å². The van der Waals surface area contributed by atoms with Crippen LogP contribution in [0.2, 0.25) is 0 Å². The van der Waals surface area contributed by atoms with Crippen LogP contribution in [0.3, 0.4) is 0 Å². The van der Waals surface area contributed by atoms with E-state index in [0.29, 0.717) is 5.92 Å². The van der Waals surface area contributed by atoms with Crippen molar-refractivity contribution in [2.75, 3.05) is 11.9 Å². The first kappa shape index (κ1) is 21.9. The average Bonchev–Trinajstić information content (AvgIpc) is 2.91. The number of carbonyl (C=O) groups is 2. The summed E-state index contributed by atoms with van der Waals surface area (Å²) in [6.45, 7) is 8.36. The van der Waals surface area contributed by atoms with Crippen molar-refractivity contribution in [2.24, 2.45) is 5.92 Å². The zero-order valence-electron chi connectivity index (χ0n) is 17.0. The number of amides is 1. The lowest BCUT2D eigenvalue weighted by molar-refractivity contribution is -0.142. The first-order valence-electron chi connectivity index (χ1n) is 9.22. The maximum atomic E-state index is 13.1. The molecule has 0 aliphatic rings. The van der Waals surface area contributed by atoms with Gasteiger partial charge in [0.05, 0.1) is 0 Å². The number of ether oxygens (including phenoxy) is 1. The molecule has 0 bridgehead atoms. The summed E-state index contributed by atoms with van der Waals surface area (Å²) in [5.41, 5.74) is 2.78. The van der Waals surface area contributed by atoms with Crippen LogP contribution in [0, 0.1) is 36.9 Å². The molecule has 1 amide bonds. The number of benzene rings is 1. The number of rotatable bonds is 7. The highest BCUT2D eigenvalue weighted by Crippen LogP contribution is 2.20. The Hall–Kier alpha value is -3.40. The van der Waals surface area contributed by atoms with E-state index in [1.54, 1.807) is 0 Å². The van der Waals surface area contributed by atoms with Gasteiger partial charge in [0.1, 0.15) is 17.5 Å². The van der Waals surface area contributed by atoms with Gasteiger partial charge in [-0.05, 0) is 55.7 Å². The summed E-state index contributed by atoms with van der Waals surface area (Å²) in [5, 5.41) is 11.8. The number of carbonyl (C=O) groups excluding carboxylic acids is 2. The summed E-state index contributed by atoms with van der Waals surface area (Å²) in [7, 11) is 0. The lowest BCUT2D eigenvalue weighted by Gasteiger charge is -2.12. The molecule has 2 aromatic rings. The number of hydrogen-bond acceptors (Lipinski definition) is 4. The van der Waals surface area contributed by atoms with Gasteiger partial charge in [0.25, 0.3) is 5.91 Å². The average molecular weight is 397 g/mol. The molecule has 0 saturated carbocycles. The molecule has 0 radical (unpaired) electrons. The van der Waals surface area contributed by atoms with Gasteiger partial charge in [-0.3, -0.25) is 4.79 Å². The number of anilines is 1. The molecule has 0 saturated heterocycles. The minimum atomic E-state index is -0.893. The second-order valence-electron chi connectivity index (χ2n) is 7.14. The Morgan fingerprint density at radius 1 is 1.31 bits per heavy atom. The van der Waals surface area contributed by atoms with Crippen LogP contribution in [0.1, 0.15) is 30.8 Å². The molecule has 0 atom stereocenters. The van der Waals surface area contributed by atoms with Crippen LogP contribution < -0.4 is 5.32 Å². The van der Waals surface area contributed by atoms with Gasteiger partial charge in [0, 0.05) is 23.6 Å². The van der Waals surface area contributed by atoms with Crippen LogP contribution in [0.25, 0.3) is 6.08 Å². The van der Waals surface area contributed by atoms with Crippen molar-refractivity contribution in [2.45, 2.75) is 34.2 Å². The zero-order valence-corrected chi connectivity index (χ0v) is 17.0. The Labute approximate surface area is 169 Å². The molecule has 1 N–H and O–H groups in total. The second kappa shape index (κ2) is 9.69. The van der Waals surface area contributed by atoms with Gasteiger partial charge in [-0.15, -0.1) is 0 Å². The quantitative estimate of drug-likeness (QED) is 0.435. The second-order valence-corrected chi connectivity index (χ2v) is 7.14. The topological polar surface area (TPSA) is 84.1 Å². The number of halogens is 1. The first-order valence-corrected chi connectivity index (χ1v) is 9.22. The first-order chi connectivity index (χ1) is 13.7. The lowest BCUT2D eigenvalue weighted by atomic mass is 10.1.